The molecule has 116 valence electrons. The molecular weight excluding hydrogens is 288 g/mol. The van der Waals surface area contributed by atoms with Crippen LogP contribution in [0.2, 0.25) is 0 Å². The van der Waals surface area contributed by atoms with Crippen LogP contribution in [0.25, 0.3) is 11.2 Å². The molecule has 1 unspecified atom stereocenters. The van der Waals surface area contributed by atoms with Crippen molar-refractivity contribution in [3.63, 3.8) is 0 Å². The standard InChI is InChI=1S/C15H23ClN4O/c1-3-4-12-14-15(19(2)18-12)20(13(9-16)17-14)7-5-11-6-8-21-10-11/h11H,3-10H2,1-2H3. The first-order valence-electron chi connectivity index (χ1n) is 7.79. The van der Waals surface area contributed by atoms with E-state index in [1.54, 1.807) is 0 Å². The van der Waals surface area contributed by atoms with Gasteiger partial charge in [-0.15, -0.1) is 11.6 Å². The van der Waals surface area contributed by atoms with E-state index < -0.39 is 0 Å². The zero-order chi connectivity index (χ0) is 14.8. The number of imidazole rings is 1. The van der Waals surface area contributed by atoms with Gasteiger partial charge in [0.15, 0.2) is 5.65 Å². The lowest BCUT2D eigenvalue weighted by atomic mass is 10.1. The molecule has 3 heterocycles. The quantitative estimate of drug-likeness (QED) is 0.771. The Labute approximate surface area is 130 Å². The van der Waals surface area contributed by atoms with Crippen LogP contribution < -0.4 is 0 Å². The van der Waals surface area contributed by atoms with Gasteiger partial charge in [-0.25, -0.2) is 4.98 Å². The molecule has 3 rings (SSSR count). The number of aryl methyl sites for hydroxylation is 3. The monoisotopic (exact) mass is 310 g/mol. The van der Waals surface area contributed by atoms with Crippen LogP contribution in [0.3, 0.4) is 0 Å². The van der Waals surface area contributed by atoms with Crippen molar-refractivity contribution in [1.29, 1.82) is 0 Å². The van der Waals surface area contributed by atoms with Gasteiger partial charge in [-0.2, -0.15) is 5.10 Å². The van der Waals surface area contributed by atoms with E-state index in [2.05, 4.69) is 16.6 Å². The summed E-state index contributed by atoms with van der Waals surface area (Å²) in [4.78, 5) is 4.73. The molecule has 0 bridgehead atoms. The van der Waals surface area contributed by atoms with Crippen molar-refractivity contribution in [2.75, 3.05) is 13.2 Å². The molecule has 21 heavy (non-hydrogen) atoms. The summed E-state index contributed by atoms with van der Waals surface area (Å²) in [6, 6.07) is 0. The molecule has 0 amide bonds. The van der Waals surface area contributed by atoms with Gasteiger partial charge in [0.1, 0.15) is 11.3 Å². The van der Waals surface area contributed by atoms with E-state index >= 15 is 0 Å². The van der Waals surface area contributed by atoms with Crippen molar-refractivity contribution < 1.29 is 4.74 Å². The Morgan fingerprint density at radius 1 is 1.43 bits per heavy atom. The predicted octanol–water partition coefficient (Wildman–Crippen LogP) is 2.89. The number of ether oxygens (including phenoxy) is 1. The van der Waals surface area contributed by atoms with Gasteiger partial charge in [-0.3, -0.25) is 4.68 Å². The lowest BCUT2D eigenvalue weighted by molar-refractivity contribution is 0.183. The highest BCUT2D eigenvalue weighted by Crippen LogP contribution is 2.24. The van der Waals surface area contributed by atoms with E-state index in [4.69, 9.17) is 21.3 Å². The fourth-order valence-corrected chi connectivity index (χ4v) is 3.36. The van der Waals surface area contributed by atoms with E-state index in [0.29, 0.717) is 11.8 Å². The van der Waals surface area contributed by atoms with E-state index in [1.165, 1.54) is 6.42 Å². The minimum atomic E-state index is 0.446. The maximum atomic E-state index is 6.10. The smallest absolute Gasteiger partial charge is 0.158 e. The van der Waals surface area contributed by atoms with E-state index in [-0.39, 0.29) is 0 Å². The van der Waals surface area contributed by atoms with Gasteiger partial charge in [0.2, 0.25) is 0 Å². The summed E-state index contributed by atoms with van der Waals surface area (Å²) in [5, 5.41) is 4.62. The maximum absolute atomic E-state index is 6.10. The number of hydrogen-bond donors (Lipinski definition) is 0. The molecule has 1 aliphatic heterocycles. The molecule has 0 saturated carbocycles. The fraction of sp³-hybridized carbons (Fsp3) is 0.733. The molecule has 0 spiro atoms. The molecule has 2 aromatic rings. The lowest BCUT2D eigenvalue weighted by Crippen LogP contribution is -2.10. The summed E-state index contributed by atoms with van der Waals surface area (Å²) < 4.78 is 9.66. The molecule has 1 saturated heterocycles. The molecule has 0 N–H and O–H groups in total. The van der Waals surface area contributed by atoms with Crippen molar-refractivity contribution in [2.24, 2.45) is 13.0 Å². The third-order valence-electron chi connectivity index (χ3n) is 4.26. The van der Waals surface area contributed by atoms with Gasteiger partial charge in [0.25, 0.3) is 0 Å². The molecule has 1 aliphatic rings. The second-order valence-electron chi connectivity index (χ2n) is 5.82. The largest absolute Gasteiger partial charge is 0.381 e. The molecule has 1 atom stereocenters. The number of fused-ring (bicyclic) bond motifs is 1. The molecule has 0 radical (unpaired) electrons. The number of halogens is 1. The summed E-state index contributed by atoms with van der Waals surface area (Å²) >= 11 is 6.10. The first-order chi connectivity index (χ1) is 10.2. The molecule has 2 aromatic heterocycles. The summed E-state index contributed by atoms with van der Waals surface area (Å²) in [5.74, 6) is 2.06. The minimum absolute atomic E-state index is 0.446. The first kappa shape index (κ1) is 14.9. The van der Waals surface area contributed by atoms with Gasteiger partial charge in [0, 0.05) is 26.8 Å². The number of nitrogens with zero attached hydrogens (tertiary/aromatic N) is 4. The third kappa shape index (κ3) is 2.81. The summed E-state index contributed by atoms with van der Waals surface area (Å²) in [5.41, 5.74) is 3.22. The average molecular weight is 311 g/mol. The van der Waals surface area contributed by atoms with Crippen molar-refractivity contribution in [2.45, 2.75) is 45.0 Å². The Kier molecular flexibility index (Phi) is 4.50. The first-order valence-corrected chi connectivity index (χ1v) is 8.32. The Morgan fingerprint density at radius 3 is 2.95 bits per heavy atom. The van der Waals surface area contributed by atoms with Crippen LogP contribution in [0.4, 0.5) is 0 Å². The van der Waals surface area contributed by atoms with Gasteiger partial charge in [-0.1, -0.05) is 13.3 Å². The molecule has 5 nitrogen and oxygen atoms in total. The molecule has 6 heteroatoms. The minimum Gasteiger partial charge on any atom is -0.381 e. The van der Waals surface area contributed by atoms with E-state index in [1.807, 2.05) is 11.7 Å². The summed E-state index contributed by atoms with van der Waals surface area (Å²) in [7, 11) is 2.00. The normalized spacial score (nSPS) is 18.9. The summed E-state index contributed by atoms with van der Waals surface area (Å²) in [6.07, 6.45) is 4.32. The SMILES string of the molecule is CCCc1nn(C)c2c1nc(CCl)n2CCC1CCOC1. The van der Waals surface area contributed by atoms with Crippen molar-refractivity contribution >= 4 is 22.8 Å². The Hall–Kier alpha value is -1.07. The van der Waals surface area contributed by atoms with Crippen molar-refractivity contribution in [1.82, 2.24) is 19.3 Å². The molecular formula is C15H23ClN4O. The van der Waals surface area contributed by atoms with Crippen LogP contribution in [-0.2, 0) is 30.6 Å². The van der Waals surface area contributed by atoms with E-state index in [9.17, 15) is 0 Å². The maximum Gasteiger partial charge on any atom is 0.158 e. The summed E-state index contributed by atoms with van der Waals surface area (Å²) in [6.45, 7) is 4.90. The zero-order valence-corrected chi connectivity index (χ0v) is 13.6. The van der Waals surface area contributed by atoms with Gasteiger partial charge < -0.3 is 9.30 Å². The van der Waals surface area contributed by atoms with Crippen LogP contribution in [-0.4, -0.2) is 32.5 Å². The van der Waals surface area contributed by atoms with Gasteiger partial charge >= 0.3 is 0 Å². The molecule has 0 aliphatic carbocycles. The zero-order valence-electron chi connectivity index (χ0n) is 12.8. The van der Waals surface area contributed by atoms with Crippen molar-refractivity contribution in [3.8, 4) is 0 Å². The number of aromatic nitrogens is 4. The van der Waals surface area contributed by atoms with Crippen LogP contribution >= 0.6 is 11.6 Å². The highest BCUT2D eigenvalue weighted by atomic mass is 35.5. The van der Waals surface area contributed by atoms with Gasteiger partial charge in [-0.05, 0) is 25.2 Å². The van der Waals surface area contributed by atoms with Crippen LogP contribution in [0.1, 0.15) is 37.7 Å². The topological polar surface area (TPSA) is 44.9 Å². The third-order valence-corrected chi connectivity index (χ3v) is 4.50. The predicted molar refractivity (Wildman–Crippen MR) is 83.6 cm³/mol. The Morgan fingerprint density at radius 2 is 2.29 bits per heavy atom. The number of alkyl halides is 1. The van der Waals surface area contributed by atoms with Crippen LogP contribution in [0.15, 0.2) is 0 Å². The van der Waals surface area contributed by atoms with Crippen molar-refractivity contribution in [3.05, 3.63) is 11.5 Å². The molecule has 1 fully saturated rings. The van der Waals surface area contributed by atoms with Gasteiger partial charge in [0.05, 0.1) is 11.6 Å². The number of hydrogen-bond acceptors (Lipinski definition) is 3. The van der Waals surface area contributed by atoms with E-state index in [0.717, 1.165) is 61.7 Å². The average Bonchev–Trinajstić information content (AvgIpc) is 3.16. The highest BCUT2D eigenvalue weighted by Gasteiger charge is 2.20. The lowest BCUT2D eigenvalue weighted by Gasteiger charge is -2.11. The van der Waals surface area contributed by atoms with Crippen LogP contribution in [0.5, 0.6) is 0 Å². The Bertz CT molecular complexity index is 613. The van der Waals surface area contributed by atoms with Crippen LogP contribution in [0, 0.1) is 5.92 Å². The fourth-order valence-electron chi connectivity index (χ4n) is 3.15. The Balaban J connectivity index is 1.91. The second-order valence-corrected chi connectivity index (χ2v) is 6.09. The second kappa shape index (κ2) is 6.36. The molecule has 0 aromatic carbocycles. The highest BCUT2D eigenvalue weighted by molar-refractivity contribution is 6.16. The number of rotatable bonds is 6.